The molecule has 88 valence electrons. The minimum atomic E-state index is -0.401. The van der Waals surface area contributed by atoms with Crippen LogP contribution in [0.2, 0.25) is 0 Å². The Morgan fingerprint density at radius 1 is 1.41 bits per heavy atom. The third kappa shape index (κ3) is 1.39. The molecule has 2 N–H and O–H groups in total. The molecule has 5 heteroatoms. The lowest BCUT2D eigenvalue weighted by Gasteiger charge is -2.12. The molecule has 2 heterocycles. The molecule has 0 spiro atoms. The van der Waals surface area contributed by atoms with Gasteiger partial charge < -0.3 is 15.0 Å². The number of H-pyrrole nitrogens is 1. The van der Waals surface area contributed by atoms with Gasteiger partial charge in [-0.15, -0.1) is 0 Å². The van der Waals surface area contributed by atoms with Crippen molar-refractivity contribution in [2.75, 3.05) is 13.7 Å². The summed E-state index contributed by atoms with van der Waals surface area (Å²) in [6.45, 7) is 0.581. The fraction of sp³-hybridized carbons (Fsp3) is 0.250. The largest absolute Gasteiger partial charge is 0.497 e. The summed E-state index contributed by atoms with van der Waals surface area (Å²) < 4.78 is 18.8. The van der Waals surface area contributed by atoms with Crippen molar-refractivity contribution in [2.45, 2.75) is 6.42 Å². The molecule has 1 aliphatic rings. The monoisotopic (exact) mass is 234 g/mol. The Kier molecular flexibility index (Phi) is 2.07. The van der Waals surface area contributed by atoms with Crippen LogP contribution in [0, 0.1) is 5.82 Å². The van der Waals surface area contributed by atoms with E-state index >= 15 is 0 Å². The molecule has 1 aromatic carbocycles. The quantitative estimate of drug-likeness (QED) is 0.787. The highest BCUT2D eigenvalue weighted by atomic mass is 19.1. The minimum absolute atomic E-state index is 0.180. The van der Waals surface area contributed by atoms with Crippen LogP contribution in [0.25, 0.3) is 10.9 Å². The summed E-state index contributed by atoms with van der Waals surface area (Å²) in [6, 6.07) is 3.06. The smallest absolute Gasteiger partial charge is 0.268 e. The van der Waals surface area contributed by atoms with Gasteiger partial charge >= 0.3 is 0 Å². The van der Waals surface area contributed by atoms with Crippen molar-refractivity contribution < 1.29 is 13.9 Å². The number of aromatic amines is 1. The summed E-state index contributed by atoms with van der Waals surface area (Å²) >= 11 is 0. The Morgan fingerprint density at radius 2 is 2.24 bits per heavy atom. The Hall–Kier alpha value is -2.04. The fourth-order valence-corrected chi connectivity index (χ4v) is 2.24. The number of hydrogen-bond donors (Lipinski definition) is 2. The second-order valence-electron chi connectivity index (χ2n) is 4.02. The highest BCUT2D eigenvalue weighted by molar-refractivity contribution is 6.02. The van der Waals surface area contributed by atoms with Crippen LogP contribution in [0.3, 0.4) is 0 Å². The number of fused-ring (bicyclic) bond motifs is 3. The van der Waals surface area contributed by atoms with Crippen LogP contribution in [-0.2, 0) is 6.42 Å². The van der Waals surface area contributed by atoms with E-state index in [2.05, 4.69) is 10.3 Å². The topological polar surface area (TPSA) is 54.1 Å². The summed E-state index contributed by atoms with van der Waals surface area (Å²) in [4.78, 5) is 14.5. The first kappa shape index (κ1) is 10.1. The van der Waals surface area contributed by atoms with E-state index in [4.69, 9.17) is 4.74 Å². The van der Waals surface area contributed by atoms with E-state index in [9.17, 15) is 9.18 Å². The summed E-state index contributed by atoms with van der Waals surface area (Å²) in [5.74, 6) is -0.120. The van der Waals surface area contributed by atoms with Gasteiger partial charge in [0.1, 0.15) is 11.4 Å². The van der Waals surface area contributed by atoms with E-state index in [1.165, 1.54) is 13.2 Å². The Balaban J connectivity index is 2.34. The van der Waals surface area contributed by atoms with Gasteiger partial charge in [0.2, 0.25) is 0 Å². The van der Waals surface area contributed by atoms with Crippen molar-refractivity contribution in [1.82, 2.24) is 10.3 Å². The molecule has 2 aromatic rings. The van der Waals surface area contributed by atoms with Crippen molar-refractivity contribution in [3.8, 4) is 5.75 Å². The van der Waals surface area contributed by atoms with E-state index in [1.807, 2.05) is 0 Å². The first-order chi connectivity index (χ1) is 8.20. The van der Waals surface area contributed by atoms with Crippen molar-refractivity contribution in [3.05, 3.63) is 29.2 Å². The highest BCUT2D eigenvalue weighted by Crippen LogP contribution is 2.30. The predicted octanol–water partition coefficient (Wildman–Crippen LogP) is 1.60. The second-order valence-corrected chi connectivity index (χ2v) is 4.02. The third-order valence-electron chi connectivity index (χ3n) is 3.06. The number of carbonyl (C=O) groups excluding carboxylic acids is 1. The minimum Gasteiger partial charge on any atom is -0.497 e. The summed E-state index contributed by atoms with van der Waals surface area (Å²) in [7, 11) is 1.49. The van der Waals surface area contributed by atoms with Gasteiger partial charge in [-0.3, -0.25) is 4.79 Å². The molecule has 0 saturated heterocycles. The molecule has 4 nitrogen and oxygen atoms in total. The van der Waals surface area contributed by atoms with Crippen LogP contribution in [0.4, 0.5) is 4.39 Å². The number of hydrogen-bond acceptors (Lipinski definition) is 2. The predicted molar refractivity (Wildman–Crippen MR) is 60.8 cm³/mol. The van der Waals surface area contributed by atoms with Gasteiger partial charge in [0.25, 0.3) is 5.91 Å². The molecule has 0 saturated carbocycles. The molecule has 0 aliphatic carbocycles. The number of nitrogens with one attached hydrogen (secondary N) is 2. The molecule has 0 bridgehead atoms. The molecule has 1 aliphatic heterocycles. The maximum absolute atomic E-state index is 13.8. The maximum Gasteiger partial charge on any atom is 0.268 e. The lowest BCUT2D eigenvalue weighted by Crippen LogP contribution is -2.31. The first-order valence-electron chi connectivity index (χ1n) is 5.37. The van der Waals surface area contributed by atoms with Gasteiger partial charge in [-0.05, 0) is 18.1 Å². The van der Waals surface area contributed by atoms with Crippen LogP contribution in [0.1, 0.15) is 16.1 Å². The van der Waals surface area contributed by atoms with Gasteiger partial charge in [0, 0.05) is 18.0 Å². The lowest BCUT2D eigenvalue weighted by atomic mass is 10.0. The SMILES string of the molecule is COc1cc(F)c2[nH]c3c(c2c1)CCNC3=O. The zero-order valence-electron chi connectivity index (χ0n) is 9.26. The Morgan fingerprint density at radius 3 is 3.00 bits per heavy atom. The zero-order chi connectivity index (χ0) is 12.0. The van der Waals surface area contributed by atoms with E-state index in [-0.39, 0.29) is 5.91 Å². The van der Waals surface area contributed by atoms with Crippen LogP contribution in [0.5, 0.6) is 5.75 Å². The average molecular weight is 234 g/mol. The highest BCUT2D eigenvalue weighted by Gasteiger charge is 2.23. The van der Waals surface area contributed by atoms with Crippen LogP contribution >= 0.6 is 0 Å². The lowest BCUT2D eigenvalue weighted by molar-refractivity contribution is 0.0942. The van der Waals surface area contributed by atoms with E-state index in [0.717, 1.165) is 10.9 Å². The van der Waals surface area contributed by atoms with Crippen molar-refractivity contribution in [2.24, 2.45) is 0 Å². The normalized spacial score (nSPS) is 14.6. The van der Waals surface area contributed by atoms with Gasteiger partial charge in [0.15, 0.2) is 5.82 Å². The molecule has 0 radical (unpaired) electrons. The number of ether oxygens (including phenoxy) is 1. The number of halogens is 1. The van der Waals surface area contributed by atoms with Crippen molar-refractivity contribution in [1.29, 1.82) is 0 Å². The fourth-order valence-electron chi connectivity index (χ4n) is 2.24. The Labute approximate surface area is 96.8 Å². The molecule has 3 rings (SSSR count). The maximum atomic E-state index is 13.8. The summed E-state index contributed by atoms with van der Waals surface area (Å²) in [6.07, 6.45) is 0.702. The zero-order valence-corrected chi connectivity index (χ0v) is 9.26. The van der Waals surface area contributed by atoms with Crippen molar-refractivity contribution in [3.63, 3.8) is 0 Å². The second kappa shape index (κ2) is 3.48. The third-order valence-corrected chi connectivity index (χ3v) is 3.06. The van der Waals surface area contributed by atoms with Crippen LogP contribution in [-0.4, -0.2) is 24.5 Å². The molecule has 0 unspecified atom stereocenters. The molecule has 1 amide bonds. The van der Waals surface area contributed by atoms with Crippen LogP contribution < -0.4 is 10.1 Å². The average Bonchev–Trinajstić information content (AvgIpc) is 2.70. The van der Waals surface area contributed by atoms with E-state index in [1.54, 1.807) is 6.07 Å². The molecular weight excluding hydrogens is 223 g/mol. The summed E-state index contributed by atoms with van der Waals surface area (Å²) in [5.41, 5.74) is 1.69. The van der Waals surface area contributed by atoms with Gasteiger partial charge in [-0.1, -0.05) is 0 Å². The van der Waals surface area contributed by atoms with E-state index in [0.29, 0.717) is 29.9 Å². The summed E-state index contributed by atoms with van der Waals surface area (Å²) in [5, 5.41) is 3.45. The van der Waals surface area contributed by atoms with E-state index < -0.39 is 5.82 Å². The standard InChI is InChI=1S/C12H11FN2O2/c1-17-6-4-8-7-2-3-14-12(16)11(7)15-10(8)9(13)5-6/h4-5,15H,2-3H2,1H3,(H,14,16). The molecular formula is C12H11FN2O2. The number of benzene rings is 1. The molecule has 17 heavy (non-hydrogen) atoms. The molecule has 1 aromatic heterocycles. The molecule has 0 fully saturated rings. The number of methoxy groups -OCH3 is 1. The number of rotatable bonds is 1. The van der Waals surface area contributed by atoms with Crippen LogP contribution in [0.15, 0.2) is 12.1 Å². The number of aromatic nitrogens is 1. The first-order valence-corrected chi connectivity index (χ1v) is 5.37. The van der Waals surface area contributed by atoms with Crippen molar-refractivity contribution >= 4 is 16.8 Å². The molecule has 0 atom stereocenters. The van der Waals surface area contributed by atoms with Gasteiger partial charge in [0.05, 0.1) is 12.6 Å². The van der Waals surface area contributed by atoms with Gasteiger partial charge in [-0.2, -0.15) is 0 Å². The number of carbonyl (C=O) groups is 1. The Bertz CT molecular complexity index is 618. The van der Waals surface area contributed by atoms with Gasteiger partial charge in [-0.25, -0.2) is 4.39 Å². The number of amides is 1.